The van der Waals surface area contributed by atoms with Crippen LogP contribution < -0.4 is 5.32 Å². The third-order valence-electron chi connectivity index (χ3n) is 5.75. The topological polar surface area (TPSA) is 73.5 Å². The Balaban J connectivity index is 1.52. The molecule has 32 heavy (non-hydrogen) atoms. The zero-order valence-electron chi connectivity index (χ0n) is 18.1. The van der Waals surface area contributed by atoms with Crippen molar-refractivity contribution in [2.45, 2.75) is 40.2 Å². The van der Waals surface area contributed by atoms with Crippen molar-refractivity contribution in [2.75, 3.05) is 5.32 Å². The molecule has 164 valence electrons. The van der Waals surface area contributed by atoms with Crippen molar-refractivity contribution >= 4 is 23.2 Å². The van der Waals surface area contributed by atoms with Crippen molar-refractivity contribution in [3.05, 3.63) is 64.5 Å². The summed E-state index contributed by atoms with van der Waals surface area (Å²) in [6.07, 6.45) is 3.92. The summed E-state index contributed by atoms with van der Waals surface area (Å²) in [5.74, 6) is 2.49. The molecule has 9 heteroatoms. The molecule has 0 unspecified atom stereocenters. The van der Waals surface area contributed by atoms with Gasteiger partial charge in [-0.2, -0.15) is 10.2 Å². The summed E-state index contributed by atoms with van der Waals surface area (Å²) in [6.45, 7) is 6.61. The highest BCUT2D eigenvalue weighted by Gasteiger charge is 2.25. The maximum atomic E-state index is 13.4. The third kappa shape index (κ3) is 3.86. The van der Waals surface area contributed by atoms with Crippen LogP contribution >= 0.6 is 11.6 Å². The van der Waals surface area contributed by atoms with Crippen LogP contribution in [0.15, 0.2) is 36.7 Å². The number of aryl methyl sites for hydroxylation is 1. The predicted molar refractivity (Wildman–Crippen MR) is 122 cm³/mol. The smallest absolute Gasteiger partial charge is 0.159 e. The van der Waals surface area contributed by atoms with Crippen molar-refractivity contribution in [1.29, 1.82) is 0 Å². The zero-order valence-corrected chi connectivity index (χ0v) is 18.9. The number of halogens is 2. The summed E-state index contributed by atoms with van der Waals surface area (Å²) in [5.41, 5.74) is 4.25. The molecular formula is C23H23ClFN7. The number of anilines is 2. The van der Waals surface area contributed by atoms with Crippen molar-refractivity contribution in [3.8, 4) is 17.1 Å². The standard InChI is InChI=1S/C23H23ClFN7/c1-13-22(17-6-8-18(25)9-7-17)30-31(11-16-4-5-16)23(13)28-19-10-20(27-12-26-19)32-15(3)21(24)14(2)29-32/h6-10,12,16H,4-5,11H2,1-3H3,(H,26,27,28). The molecule has 5 rings (SSSR count). The number of nitrogens with zero attached hydrogens (tertiary/aromatic N) is 6. The number of benzene rings is 1. The molecule has 0 amide bonds. The minimum absolute atomic E-state index is 0.264. The van der Waals surface area contributed by atoms with E-state index < -0.39 is 0 Å². The van der Waals surface area contributed by atoms with Gasteiger partial charge in [0.05, 0.1) is 22.1 Å². The fraction of sp³-hybridized carbons (Fsp3) is 0.304. The molecule has 1 aliphatic carbocycles. The minimum atomic E-state index is -0.264. The Bertz CT molecular complexity index is 1290. The summed E-state index contributed by atoms with van der Waals surface area (Å²) < 4.78 is 17.1. The highest BCUT2D eigenvalue weighted by Crippen LogP contribution is 2.35. The predicted octanol–water partition coefficient (Wildman–Crippen LogP) is 5.40. The Kier molecular flexibility index (Phi) is 5.17. The first-order chi connectivity index (χ1) is 15.4. The largest absolute Gasteiger partial charge is 0.325 e. The first-order valence-corrected chi connectivity index (χ1v) is 10.9. The molecule has 7 nitrogen and oxygen atoms in total. The van der Waals surface area contributed by atoms with Crippen LogP contribution in [0.5, 0.6) is 0 Å². The second kappa shape index (κ2) is 8.02. The van der Waals surface area contributed by atoms with Crippen LogP contribution in [0.1, 0.15) is 29.8 Å². The Hall–Kier alpha value is -3.26. The molecule has 0 bridgehead atoms. The number of hydrogen-bond donors (Lipinski definition) is 1. The maximum absolute atomic E-state index is 13.4. The Morgan fingerprint density at radius 3 is 2.50 bits per heavy atom. The molecule has 1 aliphatic rings. The SMILES string of the molecule is Cc1nn(-c2cc(Nc3c(C)c(-c4ccc(F)cc4)nn3CC3CC3)ncn2)c(C)c1Cl. The second-order valence-corrected chi connectivity index (χ2v) is 8.62. The summed E-state index contributed by atoms with van der Waals surface area (Å²) >= 11 is 6.31. The van der Waals surface area contributed by atoms with Gasteiger partial charge in [-0.25, -0.2) is 23.7 Å². The van der Waals surface area contributed by atoms with Gasteiger partial charge in [0.15, 0.2) is 5.82 Å². The lowest BCUT2D eigenvalue weighted by molar-refractivity contribution is 0.571. The van der Waals surface area contributed by atoms with E-state index in [1.54, 1.807) is 16.8 Å². The first-order valence-electron chi connectivity index (χ1n) is 10.5. The average molecular weight is 452 g/mol. The van der Waals surface area contributed by atoms with Gasteiger partial charge in [0.25, 0.3) is 0 Å². The molecule has 0 saturated heterocycles. The summed E-state index contributed by atoms with van der Waals surface area (Å²) in [5, 5.41) is 13.4. The lowest BCUT2D eigenvalue weighted by Gasteiger charge is -2.11. The normalized spacial score (nSPS) is 13.5. The Labute approximate surface area is 190 Å². The first kappa shape index (κ1) is 20.6. The lowest BCUT2D eigenvalue weighted by Crippen LogP contribution is -2.09. The van der Waals surface area contributed by atoms with Crippen molar-refractivity contribution in [2.24, 2.45) is 5.92 Å². The van der Waals surface area contributed by atoms with Crippen LogP contribution in [0.25, 0.3) is 17.1 Å². The van der Waals surface area contributed by atoms with Gasteiger partial charge < -0.3 is 5.32 Å². The van der Waals surface area contributed by atoms with Crippen LogP contribution in [0, 0.1) is 32.5 Å². The fourth-order valence-electron chi connectivity index (χ4n) is 3.77. The zero-order chi connectivity index (χ0) is 22.4. The monoisotopic (exact) mass is 451 g/mol. The Morgan fingerprint density at radius 2 is 1.84 bits per heavy atom. The number of hydrogen-bond acceptors (Lipinski definition) is 5. The molecule has 0 atom stereocenters. The molecule has 0 radical (unpaired) electrons. The van der Waals surface area contributed by atoms with Crippen LogP contribution in [-0.2, 0) is 6.54 Å². The van der Waals surface area contributed by atoms with E-state index in [1.807, 2.05) is 31.5 Å². The van der Waals surface area contributed by atoms with Gasteiger partial charge in [-0.1, -0.05) is 11.6 Å². The van der Waals surface area contributed by atoms with Gasteiger partial charge in [0, 0.05) is 23.7 Å². The van der Waals surface area contributed by atoms with Crippen LogP contribution in [0.3, 0.4) is 0 Å². The molecule has 3 heterocycles. The van der Waals surface area contributed by atoms with Gasteiger partial charge in [-0.05, 0) is 63.8 Å². The molecule has 1 aromatic carbocycles. The highest BCUT2D eigenvalue weighted by atomic mass is 35.5. The molecule has 0 aliphatic heterocycles. The second-order valence-electron chi connectivity index (χ2n) is 8.24. The third-order valence-corrected chi connectivity index (χ3v) is 6.30. The minimum Gasteiger partial charge on any atom is -0.325 e. The van der Waals surface area contributed by atoms with E-state index in [4.69, 9.17) is 16.7 Å². The fourth-order valence-corrected chi connectivity index (χ4v) is 3.89. The molecule has 1 saturated carbocycles. The van der Waals surface area contributed by atoms with E-state index >= 15 is 0 Å². The van der Waals surface area contributed by atoms with Gasteiger partial charge in [0.1, 0.15) is 23.8 Å². The molecule has 1 fully saturated rings. The summed E-state index contributed by atoms with van der Waals surface area (Å²) in [6, 6.07) is 8.26. The molecule has 0 spiro atoms. The van der Waals surface area contributed by atoms with Gasteiger partial charge >= 0.3 is 0 Å². The van der Waals surface area contributed by atoms with E-state index in [9.17, 15) is 4.39 Å². The van der Waals surface area contributed by atoms with Gasteiger partial charge in [-0.3, -0.25) is 0 Å². The number of nitrogens with one attached hydrogen (secondary N) is 1. The Morgan fingerprint density at radius 1 is 1.09 bits per heavy atom. The van der Waals surface area contributed by atoms with E-state index in [0.29, 0.717) is 22.6 Å². The quantitative estimate of drug-likeness (QED) is 0.425. The summed E-state index contributed by atoms with van der Waals surface area (Å²) in [4.78, 5) is 8.77. The molecule has 4 aromatic rings. The average Bonchev–Trinajstić information content (AvgIpc) is 3.51. The van der Waals surface area contributed by atoms with Crippen LogP contribution in [0.4, 0.5) is 16.0 Å². The highest BCUT2D eigenvalue weighted by molar-refractivity contribution is 6.31. The van der Waals surface area contributed by atoms with Crippen LogP contribution in [0.2, 0.25) is 5.02 Å². The van der Waals surface area contributed by atoms with Crippen molar-refractivity contribution in [1.82, 2.24) is 29.5 Å². The van der Waals surface area contributed by atoms with Gasteiger partial charge in [-0.15, -0.1) is 0 Å². The van der Waals surface area contributed by atoms with Crippen LogP contribution in [-0.4, -0.2) is 29.5 Å². The molecule has 1 N–H and O–H groups in total. The van der Waals surface area contributed by atoms with E-state index in [0.717, 1.165) is 40.6 Å². The lowest BCUT2D eigenvalue weighted by atomic mass is 10.1. The maximum Gasteiger partial charge on any atom is 0.159 e. The van der Waals surface area contributed by atoms with Gasteiger partial charge in [0.2, 0.25) is 0 Å². The van der Waals surface area contributed by atoms with E-state index in [-0.39, 0.29) is 5.82 Å². The van der Waals surface area contributed by atoms with E-state index in [1.165, 1.54) is 31.3 Å². The van der Waals surface area contributed by atoms with Crippen molar-refractivity contribution < 1.29 is 4.39 Å². The van der Waals surface area contributed by atoms with Crippen molar-refractivity contribution in [3.63, 3.8) is 0 Å². The molecule has 3 aromatic heterocycles. The number of aromatic nitrogens is 6. The molecular weight excluding hydrogens is 429 g/mol. The summed E-state index contributed by atoms with van der Waals surface area (Å²) in [7, 11) is 0. The van der Waals surface area contributed by atoms with E-state index in [2.05, 4.69) is 20.4 Å². The number of rotatable bonds is 6.